The van der Waals surface area contributed by atoms with Crippen LogP contribution in [0.5, 0.6) is 0 Å². The van der Waals surface area contributed by atoms with E-state index in [1.54, 1.807) is 23.2 Å². The molecule has 1 aromatic carbocycles. The molecular weight excluding hydrogens is 408 g/mol. The molecule has 0 radical (unpaired) electrons. The standard InChI is InChI=1S/C20H14N4O3S2/c25-17(26)12-23-19(27)16(29-20(23)28)9-14-11-24(15-6-2-1-3-7-15)22-18(14)13-5-4-8-21-10-13/h1-11H,12H2,(H,25,26). The van der Waals surface area contributed by atoms with Crippen molar-refractivity contribution in [1.29, 1.82) is 0 Å². The Morgan fingerprint density at radius 1 is 1.21 bits per heavy atom. The van der Waals surface area contributed by atoms with Crippen LogP contribution < -0.4 is 0 Å². The highest BCUT2D eigenvalue weighted by Crippen LogP contribution is 2.34. The molecule has 1 aliphatic heterocycles. The second kappa shape index (κ2) is 7.98. The molecule has 9 heteroatoms. The van der Waals surface area contributed by atoms with Gasteiger partial charge in [-0.3, -0.25) is 19.5 Å². The van der Waals surface area contributed by atoms with Crippen LogP contribution in [0, 0.1) is 0 Å². The fraction of sp³-hybridized carbons (Fsp3) is 0.0500. The average Bonchev–Trinajstić information content (AvgIpc) is 3.26. The topological polar surface area (TPSA) is 88.3 Å². The molecule has 3 heterocycles. The van der Waals surface area contributed by atoms with Crippen LogP contribution in [0.25, 0.3) is 23.0 Å². The number of para-hydroxylation sites is 1. The zero-order chi connectivity index (χ0) is 20.4. The van der Waals surface area contributed by atoms with Gasteiger partial charge >= 0.3 is 5.97 Å². The molecule has 0 atom stereocenters. The predicted molar refractivity (Wildman–Crippen MR) is 114 cm³/mol. The highest BCUT2D eigenvalue weighted by Gasteiger charge is 2.33. The fourth-order valence-corrected chi connectivity index (χ4v) is 4.09. The molecule has 0 aliphatic carbocycles. The minimum atomic E-state index is -1.12. The van der Waals surface area contributed by atoms with Gasteiger partial charge in [0.15, 0.2) is 0 Å². The van der Waals surface area contributed by atoms with Gasteiger partial charge in [0.2, 0.25) is 0 Å². The molecule has 7 nitrogen and oxygen atoms in total. The Labute approximate surface area is 175 Å². The molecule has 1 amide bonds. The number of nitrogens with zero attached hydrogens (tertiary/aromatic N) is 4. The van der Waals surface area contributed by atoms with Crippen molar-refractivity contribution in [2.75, 3.05) is 6.54 Å². The third-order valence-electron chi connectivity index (χ3n) is 4.15. The normalized spacial score (nSPS) is 15.3. The lowest BCUT2D eigenvalue weighted by Gasteiger charge is -2.10. The summed E-state index contributed by atoms with van der Waals surface area (Å²) >= 11 is 6.25. The first-order valence-corrected chi connectivity index (χ1v) is 9.78. The first-order valence-electron chi connectivity index (χ1n) is 8.55. The summed E-state index contributed by atoms with van der Waals surface area (Å²) in [5.74, 6) is -1.54. The van der Waals surface area contributed by atoms with Gasteiger partial charge in [-0.1, -0.05) is 42.2 Å². The lowest BCUT2D eigenvalue weighted by Crippen LogP contribution is -2.33. The first kappa shape index (κ1) is 19.0. The van der Waals surface area contributed by atoms with Gasteiger partial charge in [-0.25, -0.2) is 4.68 Å². The van der Waals surface area contributed by atoms with E-state index in [0.717, 1.165) is 27.9 Å². The van der Waals surface area contributed by atoms with E-state index in [4.69, 9.17) is 17.3 Å². The van der Waals surface area contributed by atoms with Gasteiger partial charge in [-0.15, -0.1) is 0 Å². The van der Waals surface area contributed by atoms with Crippen LogP contribution in [0.2, 0.25) is 0 Å². The summed E-state index contributed by atoms with van der Waals surface area (Å²) in [5, 5.41) is 13.7. The maximum Gasteiger partial charge on any atom is 0.323 e. The van der Waals surface area contributed by atoms with Gasteiger partial charge in [0.25, 0.3) is 5.91 Å². The number of hydrogen-bond donors (Lipinski definition) is 1. The minimum Gasteiger partial charge on any atom is -0.480 e. The zero-order valence-electron chi connectivity index (χ0n) is 14.9. The highest BCUT2D eigenvalue weighted by molar-refractivity contribution is 8.26. The molecule has 0 spiro atoms. The molecule has 0 saturated carbocycles. The Morgan fingerprint density at radius 2 is 2.00 bits per heavy atom. The molecule has 4 rings (SSSR count). The Balaban J connectivity index is 1.78. The number of aromatic nitrogens is 3. The van der Waals surface area contributed by atoms with Gasteiger partial charge in [-0.05, 0) is 30.3 Å². The van der Waals surface area contributed by atoms with Crippen LogP contribution in [-0.2, 0) is 9.59 Å². The summed E-state index contributed by atoms with van der Waals surface area (Å²) < 4.78 is 1.95. The van der Waals surface area contributed by atoms with Crippen LogP contribution in [0.15, 0.2) is 66.0 Å². The number of carboxylic acids is 1. The molecule has 1 fully saturated rings. The summed E-state index contributed by atoms with van der Waals surface area (Å²) in [4.78, 5) is 29.2. The summed E-state index contributed by atoms with van der Waals surface area (Å²) in [6.45, 7) is -0.458. The number of amides is 1. The van der Waals surface area contributed by atoms with E-state index >= 15 is 0 Å². The van der Waals surface area contributed by atoms with E-state index in [1.165, 1.54) is 0 Å². The number of thiocarbonyl (C=S) groups is 1. The number of thioether (sulfide) groups is 1. The third-order valence-corrected chi connectivity index (χ3v) is 5.53. The summed E-state index contributed by atoms with van der Waals surface area (Å²) in [6, 6.07) is 13.3. The van der Waals surface area contributed by atoms with E-state index in [1.807, 2.05) is 48.7 Å². The highest BCUT2D eigenvalue weighted by atomic mass is 32.2. The van der Waals surface area contributed by atoms with E-state index in [-0.39, 0.29) is 4.32 Å². The van der Waals surface area contributed by atoms with Crippen molar-refractivity contribution < 1.29 is 14.7 Å². The summed E-state index contributed by atoms with van der Waals surface area (Å²) in [7, 11) is 0. The van der Waals surface area contributed by atoms with Crippen molar-refractivity contribution in [1.82, 2.24) is 19.7 Å². The lowest BCUT2D eigenvalue weighted by atomic mass is 10.1. The Morgan fingerprint density at radius 3 is 2.69 bits per heavy atom. The molecule has 3 aromatic rings. The molecular formula is C20H14N4O3S2. The van der Waals surface area contributed by atoms with Gasteiger partial charge in [0, 0.05) is 29.7 Å². The van der Waals surface area contributed by atoms with Crippen molar-refractivity contribution in [2.45, 2.75) is 0 Å². The summed E-state index contributed by atoms with van der Waals surface area (Å²) in [5.41, 5.74) is 3.04. The van der Waals surface area contributed by atoms with Crippen LogP contribution in [0.3, 0.4) is 0 Å². The molecule has 29 heavy (non-hydrogen) atoms. The molecule has 2 aromatic heterocycles. The Hall–Kier alpha value is -3.30. The number of carbonyl (C=O) groups is 2. The second-order valence-corrected chi connectivity index (χ2v) is 7.79. The number of carboxylic acid groups (broad SMARTS) is 1. The lowest BCUT2D eigenvalue weighted by molar-refractivity contribution is -0.140. The van der Waals surface area contributed by atoms with Crippen molar-refractivity contribution in [2.24, 2.45) is 0 Å². The largest absolute Gasteiger partial charge is 0.480 e. The van der Waals surface area contributed by atoms with Crippen molar-refractivity contribution in [3.8, 4) is 16.9 Å². The third kappa shape index (κ3) is 3.96. The van der Waals surface area contributed by atoms with Crippen molar-refractivity contribution >= 4 is 46.3 Å². The molecule has 1 N–H and O–H groups in total. The average molecular weight is 422 g/mol. The number of pyridine rings is 1. The van der Waals surface area contributed by atoms with Crippen LogP contribution in [-0.4, -0.2) is 47.5 Å². The fourth-order valence-electron chi connectivity index (χ4n) is 2.85. The van der Waals surface area contributed by atoms with Gasteiger partial charge in [-0.2, -0.15) is 5.10 Å². The zero-order valence-corrected chi connectivity index (χ0v) is 16.6. The first-order chi connectivity index (χ1) is 14.0. The van der Waals surface area contributed by atoms with Crippen LogP contribution >= 0.6 is 24.0 Å². The van der Waals surface area contributed by atoms with E-state index < -0.39 is 18.4 Å². The smallest absolute Gasteiger partial charge is 0.323 e. The molecule has 0 unspecified atom stereocenters. The van der Waals surface area contributed by atoms with E-state index in [9.17, 15) is 9.59 Å². The van der Waals surface area contributed by atoms with Gasteiger partial charge in [0.1, 0.15) is 16.6 Å². The van der Waals surface area contributed by atoms with Gasteiger partial charge < -0.3 is 5.11 Å². The van der Waals surface area contributed by atoms with E-state index in [0.29, 0.717) is 16.2 Å². The number of rotatable bonds is 5. The maximum atomic E-state index is 12.6. The molecule has 144 valence electrons. The van der Waals surface area contributed by atoms with Crippen molar-refractivity contribution in [3.63, 3.8) is 0 Å². The molecule has 1 saturated heterocycles. The predicted octanol–water partition coefficient (Wildman–Crippen LogP) is 3.22. The monoisotopic (exact) mass is 422 g/mol. The minimum absolute atomic E-state index is 0.224. The Kier molecular flexibility index (Phi) is 5.24. The molecule has 0 bridgehead atoms. The number of benzene rings is 1. The Bertz CT molecular complexity index is 1130. The van der Waals surface area contributed by atoms with E-state index in [2.05, 4.69) is 10.1 Å². The van der Waals surface area contributed by atoms with Gasteiger partial charge in [0.05, 0.1) is 10.6 Å². The maximum absolute atomic E-state index is 12.6. The van der Waals surface area contributed by atoms with Crippen LogP contribution in [0.1, 0.15) is 5.56 Å². The quantitative estimate of drug-likeness (QED) is 0.499. The SMILES string of the molecule is O=C(O)CN1C(=O)C(=Cc2cn(-c3ccccc3)nc2-c2cccnc2)SC1=S. The van der Waals surface area contributed by atoms with Crippen molar-refractivity contribution in [3.05, 3.63) is 71.5 Å². The number of aliphatic carboxylic acids is 1. The summed E-state index contributed by atoms with van der Waals surface area (Å²) in [6.07, 6.45) is 6.89. The second-order valence-electron chi connectivity index (χ2n) is 6.12. The molecule has 1 aliphatic rings. The number of carbonyl (C=O) groups excluding carboxylic acids is 1. The number of hydrogen-bond acceptors (Lipinski definition) is 6. The van der Waals surface area contributed by atoms with Crippen LogP contribution in [0.4, 0.5) is 0 Å².